The van der Waals surface area contributed by atoms with Gasteiger partial charge in [0.05, 0.1) is 25.3 Å². The minimum Gasteiger partial charge on any atom is -0.507 e. The van der Waals surface area contributed by atoms with Gasteiger partial charge >= 0.3 is 0 Å². The van der Waals surface area contributed by atoms with Crippen LogP contribution in [0.4, 0.5) is 0 Å². The van der Waals surface area contributed by atoms with Crippen LogP contribution in [0.5, 0.6) is 17.2 Å². The van der Waals surface area contributed by atoms with E-state index < -0.39 is 17.7 Å². The Bertz CT molecular complexity index is 1210. The van der Waals surface area contributed by atoms with E-state index >= 15 is 0 Å². The number of Topliss-reactive ketones (excluding diaryl/α,β-unsaturated/α-hetero) is 1. The fourth-order valence-corrected chi connectivity index (χ4v) is 5.07. The summed E-state index contributed by atoms with van der Waals surface area (Å²) in [4.78, 5) is 28.0. The van der Waals surface area contributed by atoms with Gasteiger partial charge in [-0.25, -0.2) is 0 Å². The standard InChI is InChI=1S/C30H37NO7/c1-5-6-7-15-37-24-12-9-20(18-25(24)36-4)27-26(29(33)30(34)31(27)13-8-14-35-3)28(32)21-10-11-23-22(17-21)16-19(2)38-23/h9-12,17-19,27,32H,5-8,13-16H2,1-4H3/b28-26+. The first-order chi connectivity index (χ1) is 18.4. The van der Waals surface area contributed by atoms with Crippen molar-refractivity contribution in [1.29, 1.82) is 0 Å². The molecule has 0 bridgehead atoms. The molecule has 2 unspecified atom stereocenters. The van der Waals surface area contributed by atoms with Gasteiger partial charge < -0.3 is 29.0 Å². The summed E-state index contributed by atoms with van der Waals surface area (Å²) in [5.74, 6) is 0.300. The quantitative estimate of drug-likeness (QED) is 0.180. The Morgan fingerprint density at radius 1 is 1.05 bits per heavy atom. The Balaban J connectivity index is 1.75. The Labute approximate surface area is 224 Å². The number of hydrogen-bond acceptors (Lipinski definition) is 7. The number of likely N-dealkylation sites (tertiary alicyclic amines) is 1. The molecule has 2 aliphatic heterocycles. The molecule has 2 aliphatic rings. The summed E-state index contributed by atoms with van der Waals surface area (Å²) >= 11 is 0. The van der Waals surface area contributed by atoms with E-state index in [-0.39, 0.29) is 17.4 Å². The van der Waals surface area contributed by atoms with Crippen molar-refractivity contribution in [3.05, 3.63) is 58.7 Å². The molecule has 38 heavy (non-hydrogen) atoms. The molecule has 204 valence electrons. The molecular weight excluding hydrogens is 486 g/mol. The average Bonchev–Trinajstić information content (AvgIpc) is 3.41. The third-order valence-corrected chi connectivity index (χ3v) is 6.97. The van der Waals surface area contributed by atoms with Crippen LogP contribution in [-0.2, 0) is 20.7 Å². The van der Waals surface area contributed by atoms with Crippen molar-refractivity contribution in [2.45, 2.75) is 58.1 Å². The van der Waals surface area contributed by atoms with Crippen molar-refractivity contribution in [2.75, 3.05) is 34.0 Å². The van der Waals surface area contributed by atoms with Gasteiger partial charge in [0, 0.05) is 32.2 Å². The van der Waals surface area contributed by atoms with Crippen molar-refractivity contribution < 1.29 is 33.6 Å². The zero-order chi connectivity index (χ0) is 27.2. The number of aliphatic hydroxyl groups excluding tert-OH is 1. The largest absolute Gasteiger partial charge is 0.507 e. The minimum absolute atomic E-state index is 0.0453. The van der Waals surface area contributed by atoms with Crippen LogP contribution in [0, 0.1) is 0 Å². The molecule has 2 aromatic rings. The number of benzene rings is 2. The van der Waals surface area contributed by atoms with Gasteiger partial charge in [-0.1, -0.05) is 25.8 Å². The van der Waals surface area contributed by atoms with E-state index in [2.05, 4.69) is 6.92 Å². The molecule has 1 N–H and O–H groups in total. The van der Waals surface area contributed by atoms with Gasteiger partial charge in [0.1, 0.15) is 17.6 Å². The number of nitrogens with zero attached hydrogens (tertiary/aromatic N) is 1. The first-order valence-electron chi connectivity index (χ1n) is 13.3. The van der Waals surface area contributed by atoms with Crippen LogP contribution in [0.3, 0.4) is 0 Å². The summed E-state index contributed by atoms with van der Waals surface area (Å²) in [6.45, 7) is 5.42. The number of hydrogen-bond donors (Lipinski definition) is 1. The SMILES string of the molecule is CCCCCOc1ccc(C2/C(=C(\O)c3ccc4c(c3)CC(C)O4)C(=O)C(=O)N2CCCOC)cc1OC. The highest BCUT2D eigenvalue weighted by Crippen LogP contribution is 2.43. The third kappa shape index (κ3) is 5.65. The number of carbonyl (C=O) groups is 2. The molecule has 0 radical (unpaired) electrons. The highest BCUT2D eigenvalue weighted by atomic mass is 16.5. The Kier molecular flexibility index (Phi) is 8.94. The molecule has 0 saturated carbocycles. The number of unbranched alkanes of at least 4 members (excludes halogenated alkanes) is 2. The second kappa shape index (κ2) is 12.3. The number of carbonyl (C=O) groups excluding carboxylic acids is 2. The van der Waals surface area contributed by atoms with Crippen LogP contribution in [-0.4, -0.2) is 61.8 Å². The number of methoxy groups -OCH3 is 2. The van der Waals surface area contributed by atoms with Crippen LogP contribution in [0.1, 0.15) is 62.3 Å². The maximum absolute atomic E-state index is 13.3. The second-order valence-electron chi connectivity index (χ2n) is 9.76. The van der Waals surface area contributed by atoms with Gasteiger partial charge in [-0.3, -0.25) is 9.59 Å². The lowest BCUT2D eigenvalue weighted by atomic mass is 9.94. The molecule has 2 aromatic carbocycles. The molecule has 0 aliphatic carbocycles. The first kappa shape index (κ1) is 27.5. The fourth-order valence-electron chi connectivity index (χ4n) is 5.07. The van der Waals surface area contributed by atoms with E-state index in [1.54, 1.807) is 38.5 Å². The fraction of sp³-hybridized carbons (Fsp3) is 0.467. The van der Waals surface area contributed by atoms with E-state index in [0.29, 0.717) is 55.2 Å². The molecule has 8 nitrogen and oxygen atoms in total. The summed E-state index contributed by atoms with van der Waals surface area (Å²) < 4.78 is 22.5. The number of aliphatic hydroxyl groups is 1. The Morgan fingerprint density at radius 2 is 1.87 bits per heavy atom. The lowest BCUT2D eigenvalue weighted by Gasteiger charge is -2.26. The summed E-state index contributed by atoms with van der Waals surface area (Å²) in [6.07, 6.45) is 4.41. The van der Waals surface area contributed by atoms with Crippen molar-refractivity contribution in [1.82, 2.24) is 4.90 Å². The van der Waals surface area contributed by atoms with Crippen LogP contribution >= 0.6 is 0 Å². The van der Waals surface area contributed by atoms with Gasteiger partial charge in [0.2, 0.25) is 0 Å². The van der Waals surface area contributed by atoms with Crippen molar-refractivity contribution in [3.8, 4) is 17.2 Å². The van der Waals surface area contributed by atoms with Crippen molar-refractivity contribution in [2.24, 2.45) is 0 Å². The molecule has 2 heterocycles. The molecule has 1 amide bonds. The van der Waals surface area contributed by atoms with E-state index in [0.717, 1.165) is 30.6 Å². The van der Waals surface area contributed by atoms with E-state index in [1.165, 1.54) is 4.90 Å². The third-order valence-electron chi connectivity index (χ3n) is 6.97. The molecule has 1 fully saturated rings. The molecule has 4 rings (SSSR count). The van der Waals surface area contributed by atoms with Crippen LogP contribution in [0.2, 0.25) is 0 Å². The van der Waals surface area contributed by atoms with Crippen molar-refractivity contribution in [3.63, 3.8) is 0 Å². The molecule has 8 heteroatoms. The Morgan fingerprint density at radius 3 is 2.61 bits per heavy atom. The first-order valence-corrected chi connectivity index (χ1v) is 13.3. The van der Waals surface area contributed by atoms with Gasteiger partial charge in [-0.15, -0.1) is 0 Å². The van der Waals surface area contributed by atoms with Gasteiger partial charge in [0.25, 0.3) is 11.7 Å². The van der Waals surface area contributed by atoms with Crippen LogP contribution < -0.4 is 14.2 Å². The highest BCUT2D eigenvalue weighted by Gasteiger charge is 2.46. The maximum atomic E-state index is 13.3. The smallest absolute Gasteiger partial charge is 0.295 e. The lowest BCUT2D eigenvalue weighted by Crippen LogP contribution is -2.31. The summed E-state index contributed by atoms with van der Waals surface area (Å²) in [7, 11) is 3.15. The van der Waals surface area contributed by atoms with Crippen LogP contribution in [0.15, 0.2) is 42.0 Å². The van der Waals surface area contributed by atoms with Crippen molar-refractivity contribution >= 4 is 17.4 Å². The summed E-state index contributed by atoms with van der Waals surface area (Å²) in [6, 6.07) is 9.96. The Hall–Kier alpha value is -3.52. The molecule has 2 atom stereocenters. The molecular formula is C30H37NO7. The summed E-state index contributed by atoms with van der Waals surface area (Å²) in [5, 5.41) is 11.4. The summed E-state index contributed by atoms with van der Waals surface area (Å²) in [5.41, 5.74) is 2.14. The highest BCUT2D eigenvalue weighted by molar-refractivity contribution is 6.46. The minimum atomic E-state index is -0.779. The predicted octanol–water partition coefficient (Wildman–Crippen LogP) is 5.05. The molecule has 1 saturated heterocycles. The normalized spacial score (nSPS) is 19.9. The zero-order valence-corrected chi connectivity index (χ0v) is 22.6. The van der Waals surface area contributed by atoms with E-state index in [9.17, 15) is 14.7 Å². The second-order valence-corrected chi connectivity index (χ2v) is 9.76. The van der Waals surface area contributed by atoms with E-state index in [4.69, 9.17) is 18.9 Å². The van der Waals surface area contributed by atoms with Gasteiger partial charge in [-0.2, -0.15) is 0 Å². The number of rotatable bonds is 12. The van der Waals surface area contributed by atoms with Gasteiger partial charge in [0.15, 0.2) is 11.5 Å². The van der Waals surface area contributed by atoms with E-state index in [1.807, 2.05) is 19.1 Å². The predicted molar refractivity (Wildman–Crippen MR) is 144 cm³/mol. The zero-order valence-electron chi connectivity index (χ0n) is 22.6. The van der Waals surface area contributed by atoms with Gasteiger partial charge in [-0.05, 0) is 61.2 Å². The monoisotopic (exact) mass is 523 g/mol. The molecule has 0 spiro atoms. The number of ether oxygens (including phenoxy) is 4. The van der Waals surface area contributed by atoms with Crippen LogP contribution in [0.25, 0.3) is 5.76 Å². The topological polar surface area (TPSA) is 94.5 Å². The average molecular weight is 524 g/mol. The number of amides is 1. The lowest BCUT2D eigenvalue weighted by molar-refractivity contribution is -0.140. The number of ketones is 1. The molecule has 0 aromatic heterocycles. The maximum Gasteiger partial charge on any atom is 0.295 e. The number of fused-ring (bicyclic) bond motifs is 1.